The fraction of sp³-hybridized carbons (Fsp3) is 0.923. The monoisotopic (exact) mass is 280 g/mol. The fourth-order valence-corrected chi connectivity index (χ4v) is 2.86. The van der Waals surface area contributed by atoms with E-state index in [1.165, 1.54) is 0 Å². The molecular formula is C13H23F3N2O. The third-order valence-corrected chi connectivity index (χ3v) is 3.86. The Labute approximate surface area is 112 Å². The molecule has 1 aliphatic rings. The molecule has 0 bridgehead atoms. The zero-order chi connectivity index (χ0) is 14.5. The van der Waals surface area contributed by atoms with Gasteiger partial charge in [0.05, 0.1) is 6.42 Å². The fourth-order valence-electron chi connectivity index (χ4n) is 2.86. The van der Waals surface area contributed by atoms with Gasteiger partial charge in [-0.2, -0.15) is 13.2 Å². The van der Waals surface area contributed by atoms with Crippen molar-refractivity contribution in [1.29, 1.82) is 0 Å². The second-order valence-electron chi connectivity index (χ2n) is 5.14. The quantitative estimate of drug-likeness (QED) is 0.841. The van der Waals surface area contributed by atoms with Gasteiger partial charge in [-0.15, -0.1) is 0 Å². The molecule has 1 saturated carbocycles. The molecule has 0 aliphatic heterocycles. The van der Waals surface area contributed by atoms with Crippen LogP contribution in [0.25, 0.3) is 0 Å². The molecule has 0 radical (unpaired) electrons. The summed E-state index contributed by atoms with van der Waals surface area (Å²) in [6.45, 7) is 2.76. The Morgan fingerprint density at radius 3 is 2.47 bits per heavy atom. The van der Waals surface area contributed by atoms with Crippen molar-refractivity contribution >= 4 is 5.91 Å². The van der Waals surface area contributed by atoms with Crippen molar-refractivity contribution in [3.8, 4) is 0 Å². The van der Waals surface area contributed by atoms with Crippen molar-refractivity contribution in [3.05, 3.63) is 0 Å². The first kappa shape index (κ1) is 16.3. The lowest BCUT2D eigenvalue weighted by atomic mass is 9.83. The van der Waals surface area contributed by atoms with E-state index in [0.717, 1.165) is 25.7 Å². The summed E-state index contributed by atoms with van der Waals surface area (Å²) in [4.78, 5) is 13.6. The van der Waals surface area contributed by atoms with Gasteiger partial charge in [-0.3, -0.25) is 4.79 Å². The maximum absolute atomic E-state index is 12.2. The zero-order valence-electron chi connectivity index (χ0n) is 11.4. The number of nitrogens with two attached hydrogens (primary N) is 1. The summed E-state index contributed by atoms with van der Waals surface area (Å²) < 4.78 is 36.5. The van der Waals surface area contributed by atoms with Crippen LogP contribution < -0.4 is 5.73 Å². The molecule has 0 spiro atoms. The van der Waals surface area contributed by atoms with Crippen LogP contribution in [0.3, 0.4) is 0 Å². The molecule has 0 heterocycles. The second kappa shape index (κ2) is 7.12. The largest absolute Gasteiger partial charge is 0.389 e. The van der Waals surface area contributed by atoms with E-state index in [-0.39, 0.29) is 12.0 Å². The lowest BCUT2D eigenvalue weighted by molar-refractivity contribution is -0.151. The molecule has 0 aromatic carbocycles. The normalized spacial score (nSPS) is 24.3. The van der Waals surface area contributed by atoms with Gasteiger partial charge >= 0.3 is 6.18 Å². The summed E-state index contributed by atoms with van der Waals surface area (Å²) in [6, 6.07) is 0.0180. The molecular weight excluding hydrogens is 257 g/mol. The van der Waals surface area contributed by atoms with Crippen LogP contribution in [-0.2, 0) is 4.79 Å². The Balaban J connectivity index is 2.62. The molecule has 0 aromatic rings. The standard InChI is InChI=1S/C13H23F3N2O/c1-2-18(12(19)7-8-13(14,15)16)11-6-4-3-5-10(11)9-17/h10-11H,2-9,17H2,1H3. The first-order valence-electron chi connectivity index (χ1n) is 6.95. The van der Waals surface area contributed by atoms with E-state index in [9.17, 15) is 18.0 Å². The summed E-state index contributed by atoms with van der Waals surface area (Å²) in [6.07, 6.45) is -1.84. The summed E-state index contributed by atoms with van der Waals surface area (Å²) in [5, 5.41) is 0. The number of alkyl halides is 3. The number of hydrogen-bond donors (Lipinski definition) is 1. The van der Waals surface area contributed by atoms with Crippen LogP contribution in [0.15, 0.2) is 0 Å². The van der Waals surface area contributed by atoms with E-state index in [2.05, 4.69) is 0 Å². The highest BCUT2D eigenvalue weighted by molar-refractivity contribution is 5.76. The number of halogens is 3. The minimum absolute atomic E-state index is 0.0180. The predicted molar refractivity (Wildman–Crippen MR) is 67.5 cm³/mol. The van der Waals surface area contributed by atoms with Gasteiger partial charge in [0.25, 0.3) is 0 Å². The third-order valence-electron chi connectivity index (χ3n) is 3.86. The van der Waals surface area contributed by atoms with Gasteiger partial charge in [0.1, 0.15) is 0 Å². The first-order chi connectivity index (χ1) is 8.89. The van der Waals surface area contributed by atoms with Crippen molar-refractivity contribution in [2.45, 2.75) is 57.7 Å². The van der Waals surface area contributed by atoms with Gasteiger partial charge in [-0.25, -0.2) is 0 Å². The molecule has 1 fully saturated rings. The Bertz CT molecular complexity index is 294. The van der Waals surface area contributed by atoms with E-state index >= 15 is 0 Å². The van der Waals surface area contributed by atoms with Crippen LogP contribution in [0.1, 0.15) is 45.4 Å². The van der Waals surface area contributed by atoms with E-state index < -0.39 is 24.9 Å². The van der Waals surface area contributed by atoms with E-state index in [0.29, 0.717) is 13.1 Å². The molecule has 3 nitrogen and oxygen atoms in total. The van der Waals surface area contributed by atoms with Gasteiger partial charge in [0, 0.05) is 19.0 Å². The third kappa shape index (κ3) is 5.01. The summed E-state index contributed by atoms with van der Waals surface area (Å²) in [7, 11) is 0. The highest BCUT2D eigenvalue weighted by Crippen LogP contribution is 2.29. The average Bonchev–Trinajstić information content (AvgIpc) is 2.37. The second-order valence-corrected chi connectivity index (χ2v) is 5.14. The van der Waals surface area contributed by atoms with Crippen molar-refractivity contribution < 1.29 is 18.0 Å². The number of carbonyl (C=O) groups excluding carboxylic acids is 1. The molecule has 2 N–H and O–H groups in total. The molecule has 1 amide bonds. The van der Waals surface area contributed by atoms with Crippen molar-refractivity contribution in [2.24, 2.45) is 11.7 Å². The number of hydrogen-bond acceptors (Lipinski definition) is 2. The van der Waals surface area contributed by atoms with Gasteiger partial charge in [-0.1, -0.05) is 12.8 Å². The molecule has 19 heavy (non-hydrogen) atoms. The average molecular weight is 280 g/mol. The summed E-state index contributed by atoms with van der Waals surface area (Å²) in [5.41, 5.74) is 5.71. The van der Waals surface area contributed by atoms with Crippen LogP contribution >= 0.6 is 0 Å². The van der Waals surface area contributed by atoms with Crippen molar-refractivity contribution in [2.75, 3.05) is 13.1 Å². The van der Waals surface area contributed by atoms with Crippen LogP contribution in [0.2, 0.25) is 0 Å². The van der Waals surface area contributed by atoms with Gasteiger partial charge in [0.2, 0.25) is 5.91 Å². The topological polar surface area (TPSA) is 46.3 Å². The lowest BCUT2D eigenvalue weighted by Crippen LogP contribution is -2.48. The maximum atomic E-state index is 12.2. The maximum Gasteiger partial charge on any atom is 0.389 e. The molecule has 2 unspecified atom stereocenters. The van der Waals surface area contributed by atoms with E-state index in [1.54, 1.807) is 4.90 Å². The summed E-state index contributed by atoms with van der Waals surface area (Å²) >= 11 is 0. The minimum atomic E-state index is -4.27. The van der Waals surface area contributed by atoms with Crippen LogP contribution in [0.5, 0.6) is 0 Å². The Kier molecular flexibility index (Phi) is 6.10. The molecule has 1 aliphatic carbocycles. The Morgan fingerprint density at radius 1 is 1.32 bits per heavy atom. The highest BCUT2D eigenvalue weighted by atomic mass is 19.4. The van der Waals surface area contributed by atoms with Gasteiger partial charge in [0.15, 0.2) is 0 Å². The van der Waals surface area contributed by atoms with Gasteiger partial charge < -0.3 is 10.6 Å². The summed E-state index contributed by atoms with van der Waals surface area (Å²) in [5.74, 6) is -0.172. The van der Waals surface area contributed by atoms with Crippen molar-refractivity contribution in [3.63, 3.8) is 0 Å². The minimum Gasteiger partial charge on any atom is -0.340 e. The molecule has 1 rings (SSSR count). The number of amides is 1. The SMILES string of the molecule is CCN(C(=O)CCC(F)(F)F)C1CCCCC1CN. The van der Waals surface area contributed by atoms with Crippen LogP contribution in [0.4, 0.5) is 13.2 Å². The number of rotatable bonds is 5. The van der Waals surface area contributed by atoms with E-state index in [1.807, 2.05) is 6.92 Å². The molecule has 2 atom stereocenters. The molecule has 6 heteroatoms. The number of carbonyl (C=O) groups is 1. The smallest absolute Gasteiger partial charge is 0.340 e. The van der Waals surface area contributed by atoms with Crippen LogP contribution in [-0.4, -0.2) is 36.1 Å². The van der Waals surface area contributed by atoms with Crippen LogP contribution in [0, 0.1) is 5.92 Å². The van der Waals surface area contributed by atoms with E-state index in [4.69, 9.17) is 5.73 Å². The van der Waals surface area contributed by atoms with Gasteiger partial charge in [-0.05, 0) is 32.2 Å². The van der Waals surface area contributed by atoms with Crippen molar-refractivity contribution in [1.82, 2.24) is 4.90 Å². The molecule has 112 valence electrons. The number of nitrogens with zero attached hydrogens (tertiary/aromatic N) is 1. The highest BCUT2D eigenvalue weighted by Gasteiger charge is 2.33. The Hall–Kier alpha value is -0.780. The Morgan fingerprint density at radius 2 is 1.95 bits per heavy atom. The first-order valence-corrected chi connectivity index (χ1v) is 6.95. The zero-order valence-corrected chi connectivity index (χ0v) is 11.4. The predicted octanol–water partition coefficient (Wildman–Crippen LogP) is 2.69. The molecule has 0 aromatic heterocycles. The lowest BCUT2D eigenvalue weighted by Gasteiger charge is -2.39. The molecule has 0 saturated heterocycles.